The van der Waals surface area contributed by atoms with E-state index in [9.17, 15) is 9.90 Å². The zero-order chi connectivity index (χ0) is 19.9. The average Bonchev–Trinajstić information content (AvgIpc) is 3.55. The highest BCUT2D eigenvalue weighted by Gasteiger charge is 2.28. The predicted molar refractivity (Wildman–Crippen MR) is 113 cm³/mol. The second-order valence-electron chi connectivity index (χ2n) is 6.44. The maximum Gasteiger partial charge on any atom is 0.339 e. The van der Waals surface area contributed by atoms with Crippen LogP contribution in [0.5, 0.6) is 5.75 Å². The molecule has 0 radical (unpaired) electrons. The van der Waals surface area contributed by atoms with Gasteiger partial charge in [-0.3, -0.25) is 0 Å². The lowest BCUT2D eigenvalue weighted by Crippen LogP contribution is -2.04. The Balaban J connectivity index is 1.80. The molecule has 1 saturated carbocycles. The van der Waals surface area contributed by atoms with Crippen LogP contribution in [0.2, 0.25) is 0 Å². The summed E-state index contributed by atoms with van der Waals surface area (Å²) in [5.74, 6) is 0.941. The molecule has 2 aromatic rings. The molecule has 0 atom stereocenters. The maximum atomic E-state index is 11.6. The normalized spacial score (nSPS) is 14.6. The lowest BCUT2D eigenvalue weighted by molar-refractivity contribution is -0.130. The van der Waals surface area contributed by atoms with Gasteiger partial charge in [-0.05, 0) is 48.2 Å². The summed E-state index contributed by atoms with van der Waals surface area (Å²) in [5, 5.41) is 10.6. The highest BCUT2D eigenvalue weighted by molar-refractivity contribution is 8.13. The molecule has 28 heavy (non-hydrogen) atoms. The van der Waals surface area contributed by atoms with Gasteiger partial charge in [0.25, 0.3) is 0 Å². The van der Waals surface area contributed by atoms with E-state index in [1.54, 1.807) is 18.9 Å². The largest absolute Gasteiger partial charge is 0.503 e. The van der Waals surface area contributed by atoms with Gasteiger partial charge in [0.1, 0.15) is 11.3 Å². The molecule has 1 fully saturated rings. The van der Waals surface area contributed by atoms with Crippen LogP contribution in [0.25, 0.3) is 5.57 Å². The number of carbonyl (C=O) groups is 1. The van der Waals surface area contributed by atoms with E-state index in [4.69, 9.17) is 14.5 Å². The third-order valence-corrected chi connectivity index (χ3v) is 5.56. The van der Waals surface area contributed by atoms with Crippen LogP contribution in [0.4, 0.5) is 5.69 Å². The molecule has 0 spiro atoms. The minimum atomic E-state index is -1.01. The van der Waals surface area contributed by atoms with Crippen molar-refractivity contribution in [3.8, 4) is 5.75 Å². The van der Waals surface area contributed by atoms with Crippen molar-refractivity contribution in [2.45, 2.75) is 18.6 Å². The Morgan fingerprint density at radius 3 is 2.50 bits per heavy atom. The number of methoxy groups -OCH3 is 2. The zero-order valence-corrected chi connectivity index (χ0v) is 16.7. The van der Waals surface area contributed by atoms with Crippen LogP contribution in [0.15, 0.2) is 59.8 Å². The van der Waals surface area contributed by atoms with Crippen LogP contribution < -0.4 is 4.74 Å². The lowest BCUT2D eigenvalue weighted by atomic mass is 10.0. The number of aliphatic carboxylic acids is 1. The molecule has 1 aliphatic rings. The number of carboxylic acids is 1. The van der Waals surface area contributed by atoms with E-state index in [-0.39, 0.29) is 5.57 Å². The molecule has 0 saturated heterocycles. The van der Waals surface area contributed by atoms with Crippen LogP contribution in [-0.2, 0) is 15.3 Å². The Morgan fingerprint density at radius 2 is 1.89 bits per heavy atom. The highest BCUT2D eigenvalue weighted by Crippen LogP contribution is 2.38. The van der Waals surface area contributed by atoms with E-state index >= 15 is 0 Å². The van der Waals surface area contributed by atoms with Crippen molar-refractivity contribution >= 4 is 34.0 Å². The molecule has 0 unspecified atom stereocenters. The first-order valence-corrected chi connectivity index (χ1v) is 10.0. The summed E-state index contributed by atoms with van der Waals surface area (Å²) in [5.41, 5.74) is 2.66. The van der Waals surface area contributed by atoms with Crippen LogP contribution in [0, 0.1) is 5.92 Å². The summed E-state index contributed by atoms with van der Waals surface area (Å²) < 4.78 is 10.2. The average molecular weight is 397 g/mol. The summed E-state index contributed by atoms with van der Waals surface area (Å²) in [6.45, 7) is 0. The second kappa shape index (κ2) is 9.46. The van der Waals surface area contributed by atoms with Gasteiger partial charge in [-0.2, -0.15) is 0 Å². The number of hydrogen-bond acceptors (Lipinski definition) is 5. The molecule has 0 amide bonds. The van der Waals surface area contributed by atoms with E-state index in [0.29, 0.717) is 17.2 Å². The van der Waals surface area contributed by atoms with Gasteiger partial charge in [0.2, 0.25) is 0 Å². The zero-order valence-electron chi connectivity index (χ0n) is 15.9. The SMILES string of the molecule is CO/C=C(\C(=O)O)c1ccccc1CSC(=Nc1ccc(OC)cc1)C1CC1. The smallest absolute Gasteiger partial charge is 0.339 e. The molecule has 2 aromatic carbocycles. The molecular weight excluding hydrogens is 374 g/mol. The Bertz CT molecular complexity index is 886. The van der Waals surface area contributed by atoms with Crippen molar-refractivity contribution < 1.29 is 19.4 Å². The number of thioether (sulfide) groups is 1. The first-order valence-electron chi connectivity index (χ1n) is 9.02. The second-order valence-corrected chi connectivity index (χ2v) is 7.44. The van der Waals surface area contributed by atoms with E-state index < -0.39 is 5.97 Å². The van der Waals surface area contributed by atoms with Crippen molar-refractivity contribution in [2.24, 2.45) is 10.9 Å². The fraction of sp³-hybridized carbons (Fsp3) is 0.273. The van der Waals surface area contributed by atoms with E-state index in [1.165, 1.54) is 13.4 Å². The van der Waals surface area contributed by atoms with Crippen LogP contribution in [0.3, 0.4) is 0 Å². The number of benzene rings is 2. The number of hydrogen-bond donors (Lipinski definition) is 1. The third-order valence-electron chi connectivity index (χ3n) is 4.39. The Labute approximate surface area is 169 Å². The summed E-state index contributed by atoms with van der Waals surface area (Å²) in [7, 11) is 3.09. The third kappa shape index (κ3) is 5.16. The Morgan fingerprint density at radius 1 is 1.18 bits per heavy atom. The fourth-order valence-corrected chi connectivity index (χ4v) is 3.96. The van der Waals surface area contributed by atoms with Crippen molar-refractivity contribution in [3.05, 3.63) is 65.9 Å². The topological polar surface area (TPSA) is 68.1 Å². The quantitative estimate of drug-likeness (QED) is 0.289. The van der Waals surface area contributed by atoms with Crippen LogP contribution >= 0.6 is 11.8 Å². The first-order chi connectivity index (χ1) is 13.6. The monoisotopic (exact) mass is 397 g/mol. The van der Waals surface area contributed by atoms with Gasteiger partial charge in [0.05, 0.1) is 31.2 Å². The summed E-state index contributed by atoms with van der Waals surface area (Å²) in [6.07, 6.45) is 3.57. The van der Waals surface area contributed by atoms with Crippen molar-refractivity contribution in [1.82, 2.24) is 0 Å². The van der Waals surface area contributed by atoms with Crippen LogP contribution in [0.1, 0.15) is 24.0 Å². The first kappa shape index (κ1) is 20.0. The van der Waals surface area contributed by atoms with Crippen molar-refractivity contribution in [2.75, 3.05) is 14.2 Å². The molecule has 0 aliphatic heterocycles. The minimum absolute atomic E-state index is 0.152. The molecule has 0 bridgehead atoms. The molecular formula is C22H23NO4S. The number of aliphatic imine (C=N–C) groups is 1. The molecule has 1 aliphatic carbocycles. The molecule has 3 rings (SSSR count). The summed E-state index contributed by atoms with van der Waals surface area (Å²) in [6, 6.07) is 15.2. The minimum Gasteiger partial charge on any atom is -0.503 e. The molecule has 146 valence electrons. The van der Waals surface area contributed by atoms with Crippen LogP contribution in [-0.4, -0.2) is 30.3 Å². The van der Waals surface area contributed by atoms with Gasteiger partial charge in [-0.25, -0.2) is 9.79 Å². The van der Waals surface area contributed by atoms with E-state index in [2.05, 4.69) is 0 Å². The maximum absolute atomic E-state index is 11.6. The fourth-order valence-electron chi connectivity index (χ4n) is 2.76. The Hall–Kier alpha value is -2.73. The van der Waals surface area contributed by atoms with Gasteiger partial charge in [-0.15, -0.1) is 11.8 Å². The van der Waals surface area contributed by atoms with Gasteiger partial charge >= 0.3 is 5.97 Å². The van der Waals surface area contributed by atoms with Gasteiger partial charge < -0.3 is 14.6 Å². The molecule has 0 heterocycles. The molecule has 0 aromatic heterocycles. The van der Waals surface area contributed by atoms with Gasteiger partial charge in [0, 0.05) is 11.7 Å². The predicted octanol–water partition coefficient (Wildman–Crippen LogP) is 5.14. The van der Waals surface area contributed by atoms with Gasteiger partial charge in [-0.1, -0.05) is 24.3 Å². The number of rotatable bonds is 8. The molecule has 6 heteroatoms. The van der Waals surface area contributed by atoms with Crippen molar-refractivity contribution in [1.29, 1.82) is 0 Å². The van der Waals surface area contributed by atoms with Crippen molar-refractivity contribution in [3.63, 3.8) is 0 Å². The van der Waals surface area contributed by atoms with E-state index in [0.717, 1.165) is 34.9 Å². The number of carboxylic acid groups (broad SMARTS) is 1. The highest BCUT2D eigenvalue weighted by atomic mass is 32.2. The Kier molecular flexibility index (Phi) is 6.76. The lowest BCUT2D eigenvalue weighted by Gasteiger charge is -2.11. The summed E-state index contributed by atoms with van der Waals surface area (Å²) >= 11 is 1.67. The number of nitrogens with zero attached hydrogens (tertiary/aromatic N) is 1. The molecule has 1 N–H and O–H groups in total. The molecule has 5 nitrogen and oxygen atoms in total. The summed E-state index contributed by atoms with van der Waals surface area (Å²) in [4.78, 5) is 16.4. The van der Waals surface area contributed by atoms with E-state index in [1.807, 2.05) is 48.5 Å². The standard InChI is InChI=1S/C22H23NO4S/c1-26-13-20(22(24)25)19-6-4-3-5-16(19)14-28-21(15-7-8-15)23-17-9-11-18(27-2)12-10-17/h3-6,9-13,15H,7-8,14H2,1-2H3,(H,24,25)/b20-13-,23-21?. The van der Waals surface area contributed by atoms with Gasteiger partial charge in [0.15, 0.2) is 0 Å². The number of ether oxygens (including phenoxy) is 2.